The summed E-state index contributed by atoms with van der Waals surface area (Å²) in [6.45, 7) is 2.01. The number of aromatic nitrogens is 1. The van der Waals surface area contributed by atoms with Gasteiger partial charge in [0.05, 0.1) is 12.1 Å². The second-order valence-corrected chi connectivity index (χ2v) is 11.9. The van der Waals surface area contributed by atoms with Crippen molar-refractivity contribution in [1.29, 1.82) is 0 Å². The molecule has 2 bridgehead atoms. The van der Waals surface area contributed by atoms with Gasteiger partial charge in [0.15, 0.2) is 0 Å². The predicted molar refractivity (Wildman–Crippen MR) is 137 cm³/mol. The normalized spacial score (nSPS) is 26.7. The van der Waals surface area contributed by atoms with E-state index >= 15 is 0 Å². The zero-order valence-corrected chi connectivity index (χ0v) is 21.0. The maximum absolute atomic E-state index is 13.2. The van der Waals surface area contributed by atoms with Crippen LogP contribution in [0.5, 0.6) is 5.75 Å². The summed E-state index contributed by atoms with van der Waals surface area (Å²) in [5.74, 6) is 2.76. The molecule has 34 heavy (non-hydrogen) atoms. The molecule has 176 valence electrons. The fourth-order valence-corrected chi connectivity index (χ4v) is 9.55. The molecular formula is C27H28N2O3S2. The number of thiazole rings is 1. The van der Waals surface area contributed by atoms with Crippen molar-refractivity contribution < 1.29 is 9.53 Å². The molecule has 2 aliphatic carbocycles. The lowest BCUT2D eigenvalue weighted by molar-refractivity contribution is -0.116. The van der Waals surface area contributed by atoms with E-state index < -0.39 is 0 Å². The Morgan fingerprint density at radius 1 is 1.12 bits per heavy atom. The van der Waals surface area contributed by atoms with Crippen LogP contribution in [0.25, 0.3) is 0 Å². The minimum absolute atomic E-state index is 0.0378. The zero-order chi connectivity index (χ0) is 23.4. The Morgan fingerprint density at radius 3 is 2.71 bits per heavy atom. The molecule has 3 aromatic rings. The van der Waals surface area contributed by atoms with Gasteiger partial charge in [0, 0.05) is 27.3 Å². The Bertz CT molecular complexity index is 1310. The van der Waals surface area contributed by atoms with Crippen molar-refractivity contribution >= 4 is 34.7 Å². The number of benzene rings is 2. The van der Waals surface area contributed by atoms with Gasteiger partial charge in [-0.25, -0.2) is 0 Å². The van der Waals surface area contributed by atoms with Crippen LogP contribution < -0.4 is 14.9 Å². The zero-order valence-electron chi connectivity index (χ0n) is 19.3. The second kappa shape index (κ2) is 8.61. The lowest BCUT2D eigenvalue weighted by atomic mass is 9.74. The highest BCUT2D eigenvalue weighted by Crippen LogP contribution is 2.64. The number of ether oxygens (including phenoxy) is 1. The smallest absolute Gasteiger partial charge is 0.308 e. The van der Waals surface area contributed by atoms with Gasteiger partial charge in [-0.3, -0.25) is 14.2 Å². The standard InChI is InChI=1S/C27H28N2O3S2/c1-15-7-3-5-9-19(15)28-21(30)14-29-26-25(34-27(29)31)23(18-8-4-6-10-20(18)32-2)22-16-11-12-17(13-16)24(22)33-26/h3-10,16-17,22-24H,11-14H2,1-2H3,(H,28,30). The molecular weight excluding hydrogens is 464 g/mol. The van der Waals surface area contributed by atoms with Gasteiger partial charge >= 0.3 is 4.87 Å². The third-order valence-corrected chi connectivity index (χ3v) is 10.7. The Balaban J connectivity index is 1.40. The van der Waals surface area contributed by atoms with Crippen molar-refractivity contribution in [2.75, 3.05) is 12.4 Å². The summed E-state index contributed by atoms with van der Waals surface area (Å²) in [7, 11) is 1.72. The average molecular weight is 493 g/mol. The van der Waals surface area contributed by atoms with Crippen molar-refractivity contribution in [2.24, 2.45) is 17.8 Å². The minimum atomic E-state index is -0.165. The van der Waals surface area contributed by atoms with Gasteiger partial charge in [0.1, 0.15) is 12.3 Å². The summed E-state index contributed by atoms with van der Waals surface area (Å²) in [4.78, 5) is 27.3. The summed E-state index contributed by atoms with van der Waals surface area (Å²) in [6.07, 6.45) is 3.83. The van der Waals surface area contributed by atoms with Crippen LogP contribution in [-0.2, 0) is 11.3 Å². The summed E-state index contributed by atoms with van der Waals surface area (Å²) in [5, 5.41) is 4.47. The van der Waals surface area contributed by atoms with E-state index in [1.807, 2.05) is 55.1 Å². The quantitative estimate of drug-likeness (QED) is 0.510. The molecule has 1 aliphatic heterocycles. The Hall–Kier alpha value is -2.51. The second-order valence-electron chi connectivity index (χ2n) is 9.70. The van der Waals surface area contributed by atoms with Gasteiger partial charge in [-0.05, 0) is 61.6 Å². The van der Waals surface area contributed by atoms with E-state index in [-0.39, 0.29) is 23.2 Å². The Morgan fingerprint density at radius 2 is 1.88 bits per heavy atom. The highest BCUT2D eigenvalue weighted by molar-refractivity contribution is 8.00. The molecule has 0 radical (unpaired) electrons. The number of fused-ring (bicyclic) bond motifs is 6. The third kappa shape index (κ3) is 3.52. The van der Waals surface area contributed by atoms with Crippen LogP contribution >= 0.6 is 23.1 Å². The lowest BCUT2D eigenvalue weighted by Gasteiger charge is -2.40. The monoisotopic (exact) mass is 492 g/mol. The number of aryl methyl sites for hydroxylation is 1. The minimum Gasteiger partial charge on any atom is -0.496 e. The number of thioether (sulfide) groups is 1. The number of amides is 1. The van der Waals surface area contributed by atoms with Gasteiger partial charge in [-0.15, -0.1) is 11.8 Å². The first-order valence-corrected chi connectivity index (χ1v) is 13.6. The molecule has 7 heteroatoms. The largest absolute Gasteiger partial charge is 0.496 e. The van der Waals surface area contributed by atoms with E-state index in [0.29, 0.717) is 23.0 Å². The van der Waals surface area contributed by atoms with Crippen LogP contribution in [0.4, 0.5) is 5.69 Å². The van der Waals surface area contributed by atoms with Gasteiger partial charge in [0.25, 0.3) is 0 Å². The van der Waals surface area contributed by atoms with Gasteiger partial charge in [0.2, 0.25) is 5.91 Å². The van der Waals surface area contributed by atoms with Crippen molar-refractivity contribution in [3.63, 3.8) is 0 Å². The van der Waals surface area contributed by atoms with E-state index in [1.165, 1.54) is 36.2 Å². The first-order valence-electron chi connectivity index (χ1n) is 11.9. The summed E-state index contributed by atoms with van der Waals surface area (Å²) in [5.41, 5.74) is 2.97. The molecule has 2 aromatic carbocycles. The molecule has 6 rings (SSSR count). The van der Waals surface area contributed by atoms with Crippen LogP contribution in [0, 0.1) is 24.7 Å². The molecule has 5 nitrogen and oxygen atoms in total. The van der Waals surface area contributed by atoms with Crippen LogP contribution in [0.15, 0.2) is 58.4 Å². The molecule has 0 spiro atoms. The number of nitrogens with zero attached hydrogens (tertiary/aromatic N) is 1. The number of rotatable bonds is 5. The predicted octanol–water partition coefficient (Wildman–Crippen LogP) is 5.52. The van der Waals surface area contributed by atoms with Crippen LogP contribution in [0.1, 0.15) is 41.2 Å². The van der Waals surface area contributed by atoms with E-state index in [9.17, 15) is 9.59 Å². The fourth-order valence-electron chi connectivity index (χ4n) is 6.41. The molecule has 2 heterocycles. The highest BCUT2D eigenvalue weighted by atomic mass is 32.2. The first-order chi connectivity index (χ1) is 16.5. The van der Waals surface area contributed by atoms with Gasteiger partial charge < -0.3 is 10.1 Å². The summed E-state index contributed by atoms with van der Waals surface area (Å²) < 4.78 is 7.48. The van der Waals surface area contributed by atoms with Crippen LogP contribution in [0.2, 0.25) is 0 Å². The van der Waals surface area contributed by atoms with Gasteiger partial charge in [-0.1, -0.05) is 47.7 Å². The number of hydrogen-bond acceptors (Lipinski definition) is 5. The average Bonchev–Trinajstić information content (AvgIpc) is 3.54. The van der Waals surface area contributed by atoms with E-state index in [2.05, 4.69) is 17.4 Å². The van der Waals surface area contributed by atoms with Crippen molar-refractivity contribution in [1.82, 2.24) is 4.57 Å². The van der Waals surface area contributed by atoms with Crippen molar-refractivity contribution in [3.05, 3.63) is 74.2 Å². The molecule has 2 saturated carbocycles. The number of methoxy groups -OCH3 is 1. The molecule has 5 atom stereocenters. The van der Waals surface area contributed by atoms with E-state index in [0.717, 1.165) is 26.9 Å². The number of hydrogen-bond donors (Lipinski definition) is 1. The highest BCUT2D eigenvalue weighted by Gasteiger charge is 2.55. The fraction of sp³-hybridized carbons (Fsp3) is 0.407. The van der Waals surface area contributed by atoms with Gasteiger partial charge in [-0.2, -0.15) is 0 Å². The summed E-state index contributed by atoms with van der Waals surface area (Å²) >= 11 is 3.17. The number of carbonyl (C=O) groups excluding carboxylic acids is 1. The molecule has 1 N–H and O–H groups in total. The molecule has 2 fully saturated rings. The Labute approximate surface area is 207 Å². The first kappa shape index (κ1) is 22.0. The Kier molecular flexibility index (Phi) is 5.57. The molecule has 1 amide bonds. The summed E-state index contributed by atoms with van der Waals surface area (Å²) in [6, 6.07) is 16.0. The van der Waals surface area contributed by atoms with E-state index in [1.54, 1.807) is 11.7 Å². The van der Waals surface area contributed by atoms with Crippen LogP contribution in [0.3, 0.4) is 0 Å². The number of nitrogens with one attached hydrogen (secondary N) is 1. The van der Waals surface area contributed by atoms with E-state index in [4.69, 9.17) is 4.74 Å². The lowest BCUT2D eigenvalue weighted by Crippen LogP contribution is -2.35. The maximum Gasteiger partial charge on any atom is 0.308 e. The third-order valence-electron chi connectivity index (χ3n) is 7.89. The van der Waals surface area contributed by atoms with Crippen molar-refractivity contribution in [2.45, 2.75) is 48.9 Å². The number of carbonyl (C=O) groups is 1. The number of anilines is 1. The molecule has 3 aliphatic rings. The molecule has 0 saturated heterocycles. The van der Waals surface area contributed by atoms with Crippen LogP contribution in [-0.4, -0.2) is 22.8 Å². The molecule has 1 aromatic heterocycles. The number of para-hydroxylation sites is 2. The van der Waals surface area contributed by atoms with Crippen molar-refractivity contribution in [3.8, 4) is 5.75 Å². The maximum atomic E-state index is 13.2. The molecule has 5 unspecified atom stereocenters. The topological polar surface area (TPSA) is 60.3 Å². The SMILES string of the molecule is COc1ccccc1C1c2sc(=O)n(CC(=O)Nc3ccccc3C)c2SC2C3CCC(C3)C12.